The number of halogens is 1. The summed E-state index contributed by atoms with van der Waals surface area (Å²) in [5.41, 5.74) is 2.96. The molecule has 4 rings (SSSR count). The molecule has 0 amide bonds. The van der Waals surface area contributed by atoms with Crippen LogP contribution in [0.5, 0.6) is 0 Å². The summed E-state index contributed by atoms with van der Waals surface area (Å²) in [7, 11) is 0. The van der Waals surface area contributed by atoms with Gasteiger partial charge in [-0.2, -0.15) is 10.2 Å². The number of aromatic amines is 1. The van der Waals surface area contributed by atoms with Crippen LogP contribution in [-0.4, -0.2) is 34.9 Å². The van der Waals surface area contributed by atoms with Crippen LogP contribution in [0.2, 0.25) is 5.02 Å². The van der Waals surface area contributed by atoms with Crippen molar-refractivity contribution in [2.24, 2.45) is 0 Å². The highest BCUT2D eigenvalue weighted by molar-refractivity contribution is 6.32. The Morgan fingerprint density at radius 3 is 2.75 bits per heavy atom. The zero-order valence-corrected chi connectivity index (χ0v) is 15.0. The van der Waals surface area contributed by atoms with E-state index >= 15 is 0 Å². The van der Waals surface area contributed by atoms with Gasteiger partial charge in [0.15, 0.2) is 0 Å². The number of nitro benzene ring substituents is 1. The van der Waals surface area contributed by atoms with Gasteiger partial charge < -0.3 is 5.32 Å². The molecular formula is C17H13ClN8O2. The van der Waals surface area contributed by atoms with Gasteiger partial charge >= 0.3 is 0 Å². The molecule has 1 aromatic carbocycles. The Balaban J connectivity index is 1.48. The van der Waals surface area contributed by atoms with E-state index in [-0.39, 0.29) is 5.69 Å². The SMILES string of the molecule is O=[N+]([O-])c1ccc(Cn2cc(Nc3ncc(Cl)c(-c4cn[nH]c4)n3)cn2)cc1. The molecular weight excluding hydrogens is 384 g/mol. The molecule has 0 saturated heterocycles. The Bertz CT molecular complexity index is 1110. The highest BCUT2D eigenvalue weighted by atomic mass is 35.5. The first-order valence-corrected chi connectivity index (χ1v) is 8.51. The maximum atomic E-state index is 10.7. The van der Waals surface area contributed by atoms with Gasteiger partial charge in [-0.3, -0.25) is 19.9 Å². The van der Waals surface area contributed by atoms with Crippen LogP contribution in [0.15, 0.2) is 55.2 Å². The van der Waals surface area contributed by atoms with E-state index in [2.05, 4.69) is 30.6 Å². The standard InChI is InChI=1S/C17H13ClN8O2/c18-15-8-19-17(24-16(15)12-5-20-21-6-12)23-13-7-22-25(10-13)9-11-1-3-14(4-2-11)26(27)28/h1-8,10H,9H2,(H,20,21)(H,19,23,24). The van der Waals surface area contributed by atoms with Gasteiger partial charge in [0.1, 0.15) is 0 Å². The normalized spacial score (nSPS) is 10.8. The summed E-state index contributed by atoms with van der Waals surface area (Å²) in [6.07, 6.45) is 8.26. The zero-order chi connectivity index (χ0) is 19.5. The largest absolute Gasteiger partial charge is 0.321 e. The lowest BCUT2D eigenvalue weighted by molar-refractivity contribution is -0.384. The van der Waals surface area contributed by atoms with E-state index in [1.165, 1.54) is 18.3 Å². The molecule has 0 bridgehead atoms. The van der Waals surface area contributed by atoms with Crippen molar-refractivity contribution in [2.45, 2.75) is 6.54 Å². The van der Waals surface area contributed by atoms with Crippen molar-refractivity contribution in [3.05, 3.63) is 76.0 Å². The van der Waals surface area contributed by atoms with Gasteiger partial charge in [0, 0.05) is 30.1 Å². The molecule has 0 aliphatic carbocycles. The van der Waals surface area contributed by atoms with Crippen LogP contribution in [0.3, 0.4) is 0 Å². The van der Waals surface area contributed by atoms with Crippen LogP contribution in [0.4, 0.5) is 17.3 Å². The molecule has 0 radical (unpaired) electrons. The van der Waals surface area contributed by atoms with Crippen molar-refractivity contribution >= 4 is 28.9 Å². The van der Waals surface area contributed by atoms with Gasteiger partial charge in [-0.1, -0.05) is 23.7 Å². The molecule has 2 N–H and O–H groups in total. The topological polar surface area (TPSA) is 127 Å². The van der Waals surface area contributed by atoms with E-state index in [0.717, 1.165) is 11.1 Å². The van der Waals surface area contributed by atoms with Crippen molar-refractivity contribution in [1.82, 2.24) is 29.9 Å². The van der Waals surface area contributed by atoms with Gasteiger partial charge in [0.2, 0.25) is 5.95 Å². The van der Waals surface area contributed by atoms with Gasteiger partial charge in [-0.25, -0.2) is 9.97 Å². The molecule has 0 aliphatic rings. The highest BCUT2D eigenvalue weighted by Gasteiger charge is 2.10. The molecule has 0 aliphatic heterocycles. The summed E-state index contributed by atoms with van der Waals surface area (Å²) in [4.78, 5) is 18.9. The van der Waals surface area contributed by atoms with E-state index in [1.807, 2.05) is 0 Å². The summed E-state index contributed by atoms with van der Waals surface area (Å²) in [6.45, 7) is 0.474. The lowest BCUT2D eigenvalue weighted by Crippen LogP contribution is -2.00. The zero-order valence-electron chi connectivity index (χ0n) is 14.3. The molecule has 28 heavy (non-hydrogen) atoms. The summed E-state index contributed by atoms with van der Waals surface area (Å²) in [5, 5.41) is 25.1. The van der Waals surface area contributed by atoms with Crippen molar-refractivity contribution in [3.8, 4) is 11.3 Å². The predicted molar refractivity (Wildman–Crippen MR) is 102 cm³/mol. The molecule has 0 unspecified atom stereocenters. The second-order valence-electron chi connectivity index (χ2n) is 5.85. The van der Waals surface area contributed by atoms with Crippen LogP contribution in [0.1, 0.15) is 5.56 Å². The first-order valence-electron chi connectivity index (χ1n) is 8.13. The fourth-order valence-corrected chi connectivity index (χ4v) is 2.76. The van der Waals surface area contributed by atoms with Gasteiger partial charge in [0.05, 0.1) is 46.5 Å². The van der Waals surface area contributed by atoms with Crippen LogP contribution < -0.4 is 5.32 Å². The van der Waals surface area contributed by atoms with Gasteiger partial charge in [0.25, 0.3) is 5.69 Å². The van der Waals surface area contributed by atoms with Crippen LogP contribution in [0, 0.1) is 10.1 Å². The van der Waals surface area contributed by atoms with Crippen molar-refractivity contribution in [3.63, 3.8) is 0 Å². The van der Waals surface area contributed by atoms with Crippen molar-refractivity contribution in [1.29, 1.82) is 0 Å². The fourth-order valence-electron chi connectivity index (χ4n) is 2.56. The number of nitro groups is 1. The van der Waals surface area contributed by atoms with Crippen LogP contribution >= 0.6 is 11.6 Å². The van der Waals surface area contributed by atoms with Crippen LogP contribution in [0.25, 0.3) is 11.3 Å². The minimum Gasteiger partial charge on any atom is -0.321 e. The minimum atomic E-state index is -0.427. The molecule has 11 heteroatoms. The molecule has 4 aromatic rings. The Morgan fingerprint density at radius 1 is 1.21 bits per heavy atom. The number of H-pyrrole nitrogens is 1. The molecule has 0 fully saturated rings. The average Bonchev–Trinajstić information content (AvgIpc) is 3.36. The summed E-state index contributed by atoms with van der Waals surface area (Å²) < 4.78 is 1.70. The number of rotatable bonds is 6. The number of nitrogens with zero attached hydrogens (tertiary/aromatic N) is 6. The quantitative estimate of drug-likeness (QED) is 0.377. The third kappa shape index (κ3) is 3.81. The third-order valence-electron chi connectivity index (χ3n) is 3.90. The summed E-state index contributed by atoms with van der Waals surface area (Å²) in [6, 6.07) is 6.34. The number of hydrogen-bond acceptors (Lipinski definition) is 7. The first kappa shape index (κ1) is 17.6. The smallest absolute Gasteiger partial charge is 0.269 e. The summed E-state index contributed by atoms with van der Waals surface area (Å²) in [5.74, 6) is 0.371. The minimum absolute atomic E-state index is 0.0554. The van der Waals surface area contributed by atoms with Crippen LogP contribution in [-0.2, 0) is 6.54 Å². The number of benzene rings is 1. The molecule has 0 atom stereocenters. The van der Waals surface area contributed by atoms with Crippen molar-refractivity contribution < 1.29 is 4.92 Å². The van der Waals surface area contributed by atoms with E-state index in [9.17, 15) is 10.1 Å². The molecule has 10 nitrogen and oxygen atoms in total. The molecule has 3 aromatic heterocycles. The first-order chi connectivity index (χ1) is 13.6. The van der Waals surface area contributed by atoms with E-state index < -0.39 is 4.92 Å². The second kappa shape index (κ2) is 7.45. The monoisotopic (exact) mass is 396 g/mol. The number of hydrogen-bond donors (Lipinski definition) is 2. The Labute approximate surface area is 163 Å². The molecule has 140 valence electrons. The Hall–Kier alpha value is -3.79. The molecule has 3 heterocycles. The molecule has 0 saturated carbocycles. The Kier molecular flexibility index (Phi) is 4.68. The highest BCUT2D eigenvalue weighted by Crippen LogP contribution is 2.26. The van der Waals surface area contributed by atoms with E-state index in [4.69, 9.17) is 11.6 Å². The lowest BCUT2D eigenvalue weighted by Gasteiger charge is -2.05. The Morgan fingerprint density at radius 2 is 2.04 bits per heavy atom. The number of nitrogens with one attached hydrogen (secondary N) is 2. The maximum Gasteiger partial charge on any atom is 0.269 e. The van der Waals surface area contributed by atoms with Crippen molar-refractivity contribution in [2.75, 3.05) is 5.32 Å². The average molecular weight is 397 g/mol. The van der Waals surface area contributed by atoms with Gasteiger partial charge in [-0.15, -0.1) is 0 Å². The lowest BCUT2D eigenvalue weighted by atomic mass is 10.2. The predicted octanol–water partition coefficient (Wildman–Crippen LogP) is 3.42. The maximum absolute atomic E-state index is 10.7. The molecule has 0 spiro atoms. The van der Waals surface area contributed by atoms with E-state index in [1.54, 1.807) is 41.6 Å². The van der Waals surface area contributed by atoms with E-state index in [0.29, 0.717) is 28.9 Å². The van der Waals surface area contributed by atoms with Gasteiger partial charge in [-0.05, 0) is 5.56 Å². The number of aromatic nitrogens is 6. The summed E-state index contributed by atoms with van der Waals surface area (Å²) >= 11 is 6.16. The third-order valence-corrected chi connectivity index (χ3v) is 4.17. The second-order valence-corrected chi connectivity index (χ2v) is 6.26. The fraction of sp³-hybridized carbons (Fsp3) is 0.0588. The number of anilines is 2. The number of non-ortho nitro benzene ring substituents is 1.